The second kappa shape index (κ2) is 6.42. The summed E-state index contributed by atoms with van der Waals surface area (Å²) in [6.07, 6.45) is 1.43. The van der Waals surface area contributed by atoms with Crippen LogP contribution in [0.2, 0.25) is 5.02 Å². The van der Waals surface area contributed by atoms with Crippen molar-refractivity contribution in [1.29, 1.82) is 0 Å². The van der Waals surface area contributed by atoms with Crippen LogP contribution in [-0.2, 0) is 9.53 Å². The van der Waals surface area contributed by atoms with Crippen molar-refractivity contribution in [3.8, 4) is 11.5 Å². The highest BCUT2D eigenvalue weighted by molar-refractivity contribution is 6.32. The van der Waals surface area contributed by atoms with Crippen LogP contribution >= 0.6 is 11.6 Å². The molecule has 26 heavy (non-hydrogen) atoms. The number of aliphatic imine (C=N–C) groups is 1. The van der Waals surface area contributed by atoms with Crippen LogP contribution in [0.4, 0.5) is 8.78 Å². The van der Waals surface area contributed by atoms with E-state index in [1.165, 1.54) is 6.08 Å². The predicted octanol–water partition coefficient (Wildman–Crippen LogP) is 3.73. The van der Waals surface area contributed by atoms with Gasteiger partial charge in [0.05, 0.1) is 10.6 Å². The van der Waals surface area contributed by atoms with E-state index in [2.05, 4.69) is 4.99 Å². The average Bonchev–Trinajstić information content (AvgIpc) is 2.95. The van der Waals surface area contributed by atoms with Crippen molar-refractivity contribution >= 4 is 29.5 Å². The second-order valence-electron chi connectivity index (χ2n) is 5.49. The Balaban J connectivity index is 1.70. The number of esters is 1. The van der Waals surface area contributed by atoms with Crippen LogP contribution in [0.25, 0.3) is 6.08 Å². The molecule has 0 amide bonds. The Hall–Kier alpha value is -2.93. The summed E-state index contributed by atoms with van der Waals surface area (Å²) in [5, 5.41) is 0.328. The fourth-order valence-corrected chi connectivity index (χ4v) is 2.83. The summed E-state index contributed by atoms with van der Waals surface area (Å²) in [4.78, 5) is 16.0. The second-order valence-corrected chi connectivity index (χ2v) is 5.89. The maximum absolute atomic E-state index is 13.8. The van der Waals surface area contributed by atoms with Gasteiger partial charge in [-0.3, -0.25) is 0 Å². The lowest BCUT2D eigenvalue weighted by molar-refractivity contribution is -0.129. The van der Waals surface area contributed by atoms with Crippen molar-refractivity contribution in [2.45, 2.75) is 0 Å². The number of fused-ring (bicyclic) bond motifs is 1. The van der Waals surface area contributed by atoms with Gasteiger partial charge in [-0.1, -0.05) is 11.6 Å². The number of nitrogens with zero attached hydrogens (tertiary/aromatic N) is 1. The molecule has 4 rings (SSSR count). The summed E-state index contributed by atoms with van der Waals surface area (Å²) in [6, 6.07) is 6.12. The lowest BCUT2D eigenvalue weighted by Crippen LogP contribution is -2.15. The van der Waals surface area contributed by atoms with E-state index in [4.69, 9.17) is 25.8 Å². The molecule has 0 saturated carbocycles. The number of rotatable bonds is 2. The molecule has 0 bridgehead atoms. The number of halogens is 3. The Morgan fingerprint density at radius 3 is 2.73 bits per heavy atom. The van der Waals surface area contributed by atoms with Crippen LogP contribution in [0.5, 0.6) is 11.5 Å². The molecule has 0 atom stereocenters. The maximum Gasteiger partial charge on any atom is 0.363 e. The van der Waals surface area contributed by atoms with Gasteiger partial charge in [0.2, 0.25) is 5.90 Å². The Morgan fingerprint density at radius 2 is 1.92 bits per heavy atom. The summed E-state index contributed by atoms with van der Waals surface area (Å²) >= 11 is 6.16. The van der Waals surface area contributed by atoms with Crippen molar-refractivity contribution in [2.75, 3.05) is 13.2 Å². The molecule has 2 heterocycles. The summed E-state index contributed by atoms with van der Waals surface area (Å²) < 4.78 is 42.8. The Bertz CT molecular complexity index is 987. The van der Waals surface area contributed by atoms with Crippen molar-refractivity contribution in [2.24, 2.45) is 4.99 Å². The molecule has 132 valence electrons. The topological polar surface area (TPSA) is 57.1 Å². The molecule has 0 aliphatic carbocycles. The largest absolute Gasteiger partial charge is 0.486 e. The SMILES string of the molecule is O=C1OC(c2ccc(F)cc2F)=N/C1=C/c1cc(Cl)c2c(c1)OCCO2. The summed E-state index contributed by atoms with van der Waals surface area (Å²) in [6.45, 7) is 0.786. The minimum atomic E-state index is -0.875. The van der Waals surface area contributed by atoms with Crippen molar-refractivity contribution in [1.82, 2.24) is 0 Å². The van der Waals surface area contributed by atoms with Gasteiger partial charge >= 0.3 is 5.97 Å². The summed E-state index contributed by atoms with van der Waals surface area (Å²) in [7, 11) is 0. The lowest BCUT2D eigenvalue weighted by atomic mass is 10.1. The molecule has 0 fully saturated rings. The third-order valence-corrected chi connectivity index (χ3v) is 3.99. The number of hydrogen-bond donors (Lipinski definition) is 0. The quantitative estimate of drug-likeness (QED) is 0.591. The highest BCUT2D eigenvalue weighted by Gasteiger charge is 2.26. The molecule has 0 spiro atoms. The molecule has 0 aromatic heterocycles. The van der Waals surface area contributed by atoms with Crippen molar-refractivity contribution in [3.05, 3.63) is 63.8 Å². The van der Waals surface area contributed by atoms with Gasteiger partial charge in [-0.05, 0) is 35.9 Å². The molecule has 0 unspecified atom stereocenters. The maximum atomic E-state index is 13.8. The Morgan fingerprint density at radius 1 is 1.12 bits per heavy atom. The van der Waals surface area contributed by atoms with E-state index < -0.39 is 17.6 Å². The van der Waals surface area contributed by atoms with Crippen LogP contribution < -0.4 is 9.47 Å². The minimum absolute atomic E-state index is 0.0449. The van der Waals surface area contributed by atoms with Gasteiger partial charge in [-0.2, -0.15) is 0 Å². The van der Waals surface area contributed by atoms with Crippen LogP contribution in [0, 0.1) is 11.6 Å². The third-order valence-electron chi connectivity index (χ3n) is 3.70. The number of cyclic esters (lactones) is 1. The number of benzene rings is 2. The van der Waals surface area contributed by atoms with Crippen LogP contribution in [0.1, 0.15) is 11.1 Å². The molecule has 0 radical (unpaired) electrons. The van der Waals surface area contributed by atoms with Gasteiger partial charge in [0, 0.05) is 6.07 Å². The third kappa shape index (κ3) is 3.01. The first-order chi connectivity index (χ1) is 12.5. The van der Waals surface area contributed by atoms with Gasteiger partial charge in [0.1, 0.15) is 24.8 Å². The van der Waals surface area contributed by atoms with Crippen molar-refractivity contribution < 1.29 is 27.8 Å². The first-order valence-corrected chi connectivity index (χ1v) is 7.96. The molecule has 8 heteroatoms. The Labute approximate surface area is 151 Å². The smallest absolute Gasteiger partial charge is 0.363 e. The number of hydrogen-bond acceptors (Lipinski definition) is 5. The highest BCUT2D eigenvalue weighted by atomic mass is 35.5. The molecular formula is C18H10ClF2NO4. The molecule has 2 aromatic carbocycles. The van der Waals surface area contributed by atoms with E-state index in [0.717, 1.165) is 12.1 Å². The van der Waals surface area contributed by atoms with Gasteiger partial charge in [-0.25, -0.2) is 18.6 Å². The van der Waals surface area contributed by atoms with E-state index in [1.54, 1.807) is 12.1 Å². The number of ether oxygens (including phenoxy) is 3. The monoisotopic (exact) mass is 377 g/mol. The number of carbonyl (C=O) groups is 1. The Kier molecular flexibility index (Phi) is 4.08. The lowest BCUT2D eigenvalue weighted by Gasteiger charge is -2.19. The van der Waals surface area contributed by atoms with E-state index in [9.17, 15) is 13.6 Å². The van der Waals surface area contributed by atoms with Gasteiger partial charge in [0.25, 0.3) is 0 Å². The zero-order valence-electron chi connectivity index (χ0n) is 13.1. The van der Waals surface area contributed by atoms with Crippen LogP contribution in [-0.4, -0.2) is 25.1 Å². The number of carbonyl (C=O) groups excluding carboxylic acids is 1. The van der Waals surface area contributed by atoms with Crippen LogP contribution in [0.15, 0.2) is 41.0 Å². The van der Waals surface area contributed by atoms with E-state index in [-0.39, 0.29) is 17.2 Å². The van der Waals surface area contributed by atoms with Gasteiger partial charge in [-0.15, -0.1) is 0 Å². The molecule has 5 nitrogen and oxygen atoms in total. The van der Waals surface area contributed by atoms with E-state index in [0.29, 0.717) is 41.4 Å². The zero-order chi connectivity index (χ0) is 18.3. The first kappa shape index (κ1) is 16.5. The van der Waals surface area contributed by atoms with Gasteiger partial charge in [0.15, 0.2) is 17.2 Å². The van der Waals surface area contributed by atoms with E-state index in [1.807, 2.05) is 0 Å². The minimum Gasteiger partial charge on any atom is -0.486 e. The van der Waals surface area contributed by atoms with Gasteiger partial charge < -0.3 is 14.2 Å². The first-order valence-electron chi connectivity index (χ1n) is 7.58. The normalized spacial score (nSPS) is 17.3. The molecule has 2 aliphatic heterocycles. The highest BCUT2D eigenvalue weighted by Crippen LogP contribution is 2.39. The zero-order valence-corrected chi connectivity index (χ0v) is 13.8. The predicted molar refractivity (Wildman–Crippen MR) is 89.4 cm³/mol. The summed E-state index contributed by atoms with van der Waals surface area (Å²) in [5.41, 5.74) is 0.385. The molecule has 2 aromatic rings. The fourth-order valence-electron chi connectivity index (χ4n) is 2.56. The molecule has 0 saturated heterocycles. The fraction of sp³-hybridized carbons (Fsp3) is 0.111. The summed E-state index contributed by atoms with van der Waals surface area (Å²) in [5.74, 6) is -1.71. The standard InChI is InChI=1S/C18H10ClF2NO4/c19-12-5-9(7-15-16(12)25-4-3-24-15)6-14-18(23)26-17(22-14)11-2-1-10(20)8-13(11)21/h1-2,5-8H,3-4H2/b14-6+. The van der Waals surface area contributed by atoms with Crippen molar-refractivity contribution in [3.63, 3.8) is 0 Å². The molecule has 2 aliphatic rings. The van der Waals surface area contributed by atoms with E-state index >= 15 is 0 Å². The molecular weight excluding hydrogens is 368 g/mol. The average molecular weight is 378 g/mol. The van der Waals surface area contributed by atoms with Crippen LogP contribution in [0.3, 0.4) is 0 Å². The molecule has 0 N–H and O–H groups in total.